The van der Waals surface area contributed by atoms with Crippen LogP contribution >= 0.6 is 0 Å². The van der Waals surface area contributed by atoms with E-state index in [2.05, 4.69) is 39.8 Å². The van der Waals surface area contributed by atoms with E-state index in [1.54, 1.807) is 16.8 Å². The van der Waals surface area contributed by atoms with Crippen LogP contribution in [0.1, 0.15) is 12.5 Å². The lowest BCUT2D eigenvalue weighted by Crippen LogP contribution is -2.49. The highest BCUT2D eigenvalue weighted by molar-refractivity contribution is 6.55. The highest BCUT2D eigenvalue weighted by atomic mass is 28.3. The summed E-state index contributed by atoms with van der Waals surface area (Å²) in [6.07, 6.45) is 4.78. The normalized spacial score (nSPS) is 13.7. The molecule has 0 aliphatic carbocycles. The van der Waals surface area contributed by atoms with Crippen molar-refractivity contribution in [3.05, 3.63) is 60.1 Å². The predicted octanol–water partition coefficient (Wildman–Crippen LogP) is 5.67. The average molecular weight is 637 g/mol. The number of hydrogen-bond acceptors (Lipinski definition) is 8. The van der Waals surface area contributed by atoms with Crippen LogP contribution in [0.5, 0.6) is 17.4 Å². The van der Waals surface area contributed by atoms with Crippen LogP contribution in [0.4, 0.5) is 19.3 Å². The van der Waals surface area contributed by atoms with Crippen molar-refractivity contribution in [2.45, 2.75) is 32.8 Å². The van der Waals surface area contributed by atoms with E-state index in [4.69, 9.17) is 18.9 Å². The molecule has 4 aromatic rings. The third-order valence-electron chi connectivity index (χ3n) is 7.31. The highest BCUT2D eigenvalue weighted by Gasteiger charge is 2.33. The van der Waals surface area contributed by atoms with Crippen LogP contribution in [0, 0.1) is 28.4 Å². The zero-order valence-electron chi connectivity index (χ0n) is 25.4. The van der Waals surface area contributed by atoms with Gasteiger partial charge in [0.2, 0.25) is 5.88 Å². The zero-order valence-corrected chi connectivity index (χ0v) is 26.6. The second kappa shape index (κ2) is 13.6. The Kier molecular flexibility index (Phi) is 9.62. The van der Waals surface area contributed by atoms with Crippen molar-refractivity contribution in [3.8, 4) is 34.6 Å². The maximum Gasteiger partial charge on any atom is 0.319 e. The van der Waals surface area contributed by atoms with E-state index in [0.29, 0.717) is 48.5 Å². The van der Waals surface area contributed by atoms with Gasteiger partial charge in [-0.1, -0.05) is 20.0 Å². The molecule has 236 valence electrons. The molecule has 4 heterocycles. The van der Waals surface area contributed by atoms with Gasteiger partial charge in [-0.3, -0.25) is 0 Å². The molecular weight excluding hydrogens is 602 g/mol. The minimum absolute atomic E-state index is 0.0773. The highest BCUT2D eigenvalue weighted by Crippen LogP contribution is 2.40. The number of carbonyl (C=O) groups excluding carboxylic acids is 1. The molecule has 3 aromatic heterocycles. The molecule has 0 saturated carbocycles. The Morgan fingerprint density at radius 2 is 1.98 bits per heavy atom. The molecular formula is C31H34F2N6O5Si. The van der Waals surface area contributed by atoms with Gasteiger partial charge in [0.25, 0.3) is 0 Å². The van der Waals surface area contributed by atoms with E-state index in [9.17, 15) is 10.1 Å². The molecule has 1 saturated heterocycles. The van der Waals surface area contributed by atoms with Gasteiger partial charge in [-0.05, 0) is 18.2 Å². The van der Waals surface area contributed by atoms with Gasteiger partial charge < -0.3 is 34.1 Å². The van der Waals surface area contributed by atoms with E-state index >= 15 is 8.78 Å². The van der Waals surface area contributed by atoms with Crippen LogP contribution in [0.3, 0.4) is 0 Å². The number of ether oxygens (including phenoxy) is 4. The van der Waals surface area contributed by atoms with E-state index in [-0.39, 0.29) is 35.0 Å². The summed E-state index contributed by atoms with van der Waals surface area (Å²) < 4.78 is 54.6. The van der Waals surface area contributed by atoms with Crippen LogP contribution in [0.25, 0.3) is 22.2 Å². The minimum Gasteiger partial charge on any atom is -0.480 e. The average Bonchev–Trinajstić information content (AvgIpc) is 3.38. The number of aromatic nitrogens is 3. The van der Waals surface area contributed by atoms with Gasteiger partial charge >= 0.3 is 6.03 Å². The van der Waals surface area contributed by atoms with Crippen molar-refractivity contribution >= 4 is 31.5 Å². The number of benzene rings is 1. The number of amides is 2. The maximum atomic E-state index is 15.3. The van der Waals surface area contributed by atoms with Crippen molar-refractivity contribution in [2.24, 2.45) is 5.41 Å². The summed E-state index contributed by atoms with van der Waals surface area (Å²) in [5.41, 5.74) is 1.51. The fraction of sp³-hybridized carbons (Fsp3) is 0.355. The second-order valence-electron chi connectivity index (χ2n) is 11.6. The van der Waals surface area contributed by atoms with Crippen LogP contribution in [-0.2, 0) is 16.2 Å². The molecule has 0 bridgehead atoms. The number of anilines is 1. The van der Waals surface area contributed by atoms with Gasteiger partial charge in [-0.2, -0.15) is 5.26 Å². The molecule has 0 atom stereocenters. The molecule has 5 rings (SSSR count). The molecule has 1 fully saturated rings. The number of hydrogen-bond donors (Lipinski definition) is 2. The van der Waals surface area contributed by atoms with Crippen molar-refractivity contribution < 1.29 is 32.5 Å². The number of nitrogens with zero attached hydrogens (tertiary/aromatic N) is 4. The Bertz CT molecular complexity index is 1730. The SMILES string of the molecule is COc1ncc(-c2cn(COCC[SiH](C)C)c3nccc(Oc4c(F)cc(NC(=O)NCC5(C)COC5)cc4F)c23)cc1C#N. The topological polar surface area (TPSA) is 133 Å². The fourth-order valence-electron chi connectivity index (χ4n) is 4.77. The van der Waals surface area contributed by atoms with Crippen LogP contribution in [0.15, 0.2) is 42.9 Å². The molecule has 0 unspecified atom stereocenters. The van der Waals surface area contributed by atoms with Crippen molar-refractivity contribution in [2.75, 3.05) is 38.8 Å². The first kappa shape index (κ1) is 31.8. The van der Waals surface area contributed by atoms with Crippen molar-refractivity contribution in [1.29, 1.82) is 5.26 Å². The van der Waals surface area contributed by atoms with Crippen LogP contribution < -0.4 is 20.1 Å². The molecule has 2 amide bonds. The lowest BCUT2D eigenvalue weighted by molar-refractivity contribution is -0.0974. The number of methoxy groups -OCH3 is 1. The van der Waals surface area contributed by atoms with Crippen molar-refractivity contribution in [1.82, 2.24) is 19.9 Å². The number of fused-ring (bicyclic) bond motifs is 1. The molecule has 14 heteroatoms. The van der Waals surface area contributed by atoms with Gasteiger partial charge in [0, 0.05) is 74.9 Å². The number of urea groups is 1. The van der Waals surface area contributed by atoms with E-state index in [0.717, 1.165) is 18.2 Å². The van der Waals surface area contributed by atoms with Gasteiger partial charge in [-0.15, -0.1) is 0 Å². The summed E-state index contributed by atoms with van der Waals surface area (Å²) in [6, 6.07) is 7.54. The number of pyridine rings is 2. The first-order valence-electron chi connectivity index (χ1n) is 14.4. The molecule has 1 aliphatic rings. The van der Waals surface area contributed by atoms with E-state index in [1.165, 1.54) is 25.6 Å². The van der Waals surface area contributed by atoms with Crippen molar-refractivity contribution in [3.63, 3.8) is 0 Å². The third kappa shape index (κ3) is 7.22. The maximum absolute atomic E-state index is 15.3. The molecule has 2 N–H and O–H groups in total. The van der Waals surface area contributed by atoms with Gasteiger partial charge in [0.05, 0.1) is 25.7 Å². The Morgan fingerprint density at radius 1 is 1.22 bits per heavy atom. The van der Waals surface area contributed by atoms with Gasteiger partial charge in [-0.25, -0.2) is 23.5 Å². The molecule has 45 heavy (non-hydrogen) atoms. The van der Waals surface area contributed by atoms with Gasteiger partial charge in [0.15, 0.2) is 17.4 Å². The quantitative estimate of drug-likeness (QED) is 0.150. The summed E-state index contributed by atoms with van der Waals surface area (Å²) in [5.74, 6) is -2.41. The van der Waals surface area contributed by atoms with Crippen LogP contribution in [0.2, 0.25) is 19.1 Å². The second-order valence-corrected chi connectivity index (χ2v) is 15.0. The number of nitrogens with one attached hydrogen (secondary N) is 2. The lowest BCUT2D eigenvalue weighted by atomic mass is 9.89. The molecule has 0 spiro atoms. The number of carbonyl (C=O) groups is 1. The summed E-state index contributed by atoms with van der Waals surface area (Å²) in [5, 5.41) is 15.2. The number of halogens is 2. The Labute approximate surface area is 260 Å². The zero-order chi connectivity index (χ0) is 32.1. The third-order valence-corrected chi connectivity index (χ3v) is 8.70. The lowest BCUT2D eigenvalue weighted by Gasteiger charge is -2.37. The van der Waals surface area contributed by atoms with Gasteiger partial charge in [0.1, 0.15) is 29.8 Å². The minimum atomic E-state index is -1.02. The Balaban J connectivity index is 1.46. The molecule has 1 aliphatic heterocycles. The Hall–Kier alpha value is -4.58. The summed E-state index contributed by atoms with van der Waals surface area (Å²) in [6.45, 7) is 8.61. The summed E-state index contributed by atoms with van der Waals surface area (Å²) >= 11 is 0. The summed E-state index contributed by atoms with van der Waals surface area (Å²) in [7, 11) is 0.610. The monoisotopic (exact) mass is 636 g/mol. The first-order chi connectivity index (χ1) is 21.6. The fourth-order valence-corrected chi connectivity index (χ4v) is 5.41. The van der Waals surface area contributed by atoms with E-state index in [1.807, 2.05) is 6.92 Å². The Morgan fingerprint density at radius 3 is 2.62 bits per heavy atom. The largest absolute Gasteiger partial charge is 0.480 e. The van der Waals surface area contributed by atoms with Crippen LogP contribution in [-0.4, -0.2) is 62.8 Å². The molecule has 0 radical (unpaired) electrons. The molecule has 1 aromatic carbocycles. The first-order valence-corrected chi connectivity index (χ1v) is 17.5. The summed E-state index contributed by atoms with van der Waals surface area (Å²) in [4.78, 5) is 21.1. The predicted molar refractivity (Wildman–Crippen MR) is 166 cm³/mol. The number of nitriles is 1. The number of rotatable bonds is 12. The smallest absolute Gasteiger partial charge is 0.319 e. The standard InChI is InChI=1S/C31H34F2N6O5Si/c1-31(16-43-17-31)15-37-30(40)38-21-10-23(32)27(24(33)11-21)44-25-5-6-35-28-26(25)22(14-39(28)18-42-7-8-45(3)4)20-9-19(12-34)29(41-2)36-13-20/h5-6,9-11,13-14,45H,7-8,15-18H2,1-4H3,(H2,37,38,40). The van der Waals surface area contributed by atoms with E-state index < -0.39 is 32.2 Å². The molecule has 11 nitrogen and oxygen atoms in total.